The van der Waals surface area contributed by atoms with Crippen molar-refractivity contribution in [3.05, 3.63) is 71.5 Å². The van der Waals surface area contributed by atoms with E-state index in [1.807, 2.05) is 55.5 Å². The zero-order chi connectivity index (χ0) is 17.2. The highest BCUT2D eigenvalue weighted by Gasteiger charge is 2.10. The van der Waals surface area contributed by atoms with E-state index in [0.29, 0.717) is 17.1 Å². The molecule has 0 aliphatic heterocycles. The van der Waals surface area contributed by atoms with E-state index in [0.717, 1.165) is 20.8 Å². The summed E-state index contributed by atoms with van der Waals surface area (Å²) >= 11 is 1.63. The summed E-state index contributed by atoms with van der Waals surface area (Å²) in [4.78, 5) is 25.4. The van der Waals surface area contributed by atoms with Gasteiger partial charge in [0.25, 0.3) is 5.91 Å². The topological polar surface area (TPSA) is 67.8 Å². The van der Waals surface area contributed by atoms with E-state index < -0.39 is 0 Å². The minimum absolute atomic E-state index is 0.245. The standard InChI is InChI=1S/C19H14N4OS/c1-12-22-16-9-15(7-8-17(16)25-12)23-19(24)14-10-20-18(21-11-14)13-5-3-2-4-6-13/h2-11H,1H3,(H,23,24). The lowest BCUT2D eigenvalue weighted by atomic mass is 10.2. The number of aryl methyl sites for hydroxylation is 1. The van der Waals surface area contributed by atoms with Crippen LogP contribution in [-0.2, 0) is 0 Å². The monoisotopic (exact) mass is 346 g/mol. The highest BCUT2D eigenvalue weighted by molar-refractivity contribution is 7.18. The molecule has 1 N–H and O–H groups in total. The molecule has 2 heterocycles. The van der Waals surface area contributed by atoms with E-state index in [1.165, 1.54) is 12.4 Å². The molecule has 4 rings (SSSR count). The van der Waals surface area contributed by atoms with Gasteiger partial charge in [-0.05, 0) is 25.1 Å². The number of rotatable bonds is 3. The van der Waals surface area contributed by atoms with Crippen molar-refractivity contribution in [2.45, 2.75) is 6.92 Å². The lowest BCUT2D eigenvalue weighted by molar-refractivity contribution is 0.102. The van der Waals surface area contributed by atoms with Gasteiger partial charge >= 0.3 is 0 Å². The predicted octanol–water partition coefficient (Wildman–Crippen LogP) is 4.31. The van der Waals surface area contributed by atoms with Crippen LogP contribution in [-0.4, -0.2) is 20.9 Å². The quantitative estimate of drug-likeness (QED) is 0.600. The van der Waals surface area contributed by atoms with Crippen LogP contribution < -0.4 is 5.32 Å². The Balaban J connectivity index is 1.53. The summed E-state index contributed by atoms with van der Waals surface area (Å²) in [6, 6.07) is 15.4. The molecule has 0 fully saturated rings. The van der Waals surface area contributed by atoms with Gasteiger partial charge in [-0.25, -0.2) is 15.0 Å². The molecule has 0 saturated heterocycles. The van der Waals surface area contributed by atoms with E-state index in [9.17, 15) is 4.79 Å². The third kappa shape index (κ3) is 3.25. The Morgan fingerprint density at radius 1 is 1.04 bits per heavy atom. The smallest absolute Gasteiger partial charge is 0.258 e. The van der Waals surface area contributed by atoms with Crippen molar-refractivity contribution < 1.29 is 4.79 Å². The third-order valence-electron chi connectivity index (χ3n) is 3.70. The molecule has 0 unspecified atom stereocenters. The van der Waals surface area contributed by atoms with Gasteiger partial charge in [-0.15, -0.1) is 11.3 Å². The Kier molecular flexibility index (Phi) is 3.95. The van der Waals surface area contributed by atoms with E-state index >= 15 is 0 Å². The number of fused-ring (bicyclic) bond motifs is 1. The summed E-state index contributed by atoms with van der Waals surface area (Å²) in [6.45, 7) is 1.97. The number of benzene rings is 2. The second-order valence-electron chi connectivity index (χ2n) is 5.53. The Morgan fingerprint density at radius 2 is 1.80 bits per heavy atom. The molecule has 0 bridgehead atoms. The minimum Gasteiger partial charge on any atom is -0.322 e. The van der Waals surface area contributed by atoms with Crippen molar-refractivity contribution in [3.63, 3.8) is 0 Å². The third-order valence-corrected chi connectivity index (χ3v) is 4.65. The van der Waals surface area contributed by atoms with Gasteiger partial charge in [0.05, 0.1) is 20.8 Å². The fourth-order valence-electron chi connectivity index (χ4n) is 2.51. The number of hydrogen-bond donors (Lipinski definition) is 1. The molecule has 2 aromatic carbocycles. The highest BCUT2D eigenvalue weighted by atomic mass is 32.1. The SMILES string of the molecule is Cc1nc2cc(NC(=O)c3cnc(-c4ccccc4)nc3)ccc2s1. The number of thiazole rings is 1. The fourth-order valence-corrected chi connectivity index (χ4v) is 3.31. The Hall–Kier alpha value is -3.12. The molecule has 2 aromatic heterocycles. The normalized spacial score (nSPS) is 10.8. The van der Waals surface area contributed by atoms with Gasteiger partial charge in [0.15, 0.2) is 5.82 Å². The van der Waals surface area contributed by atoms with Gasteiger partial charge in [-0.1, -0.05) is 30.3 Å². The molecule has 0 aliphatic rings. The van der Waals surface area contributed by atoms with Gasteiger partial charge in [-0.3, -0.25) is 4.79 Å². The Labute approximate surface area is 148 Å². The van der Waals surface area contributed by atoms with Crippen LogP contribution in [0.1, 0.15) is 15.4 Å². The average molecular weight is 346 g/mol. The van der Waals surface area contributed by atoms with E-state index in [2.05, 4.69) is 20.3 Å². The number of nitrogens with zero attached hydrogens (tertiary/aromatic N) is 3. The van der Waals surface area contributed by atoms with Crippen molar-refractivity contribution in [3.8, 4) is 11.4 Å². The van der Waals surface area contributed by atoms with Crippen LogP contribution in [0.4, 0.5) is 5.69 Å². The first kappa shape index (κ1) is 15.4. The molecular formula is C19H14N4OS. The lowest BCUT2D eigenvalue weighted by Crippen LogP contribution is -2.12. The molecule has 5 nitrogen and oxygen atoms in total. The van der Waals surface area contributed by atoms with E-state index in [1.54, 1.807) is 11.3 Å². The molecule has 1 amide bonds. The Bertz CT molecular complexity index is 1040. The van der Waals surface area contributed by atoms with Crippen molar-refractivity contribution in [2.24, 2.45) is 0 Å². The molecule has 122 valence electrons. The predicted molar refractivity (Wildman–Crippen MR) is 99.8 cm³/mol. The summed E-state index contributed by atoms with van der Waals surface area (Å²) < 4.78 is 1.10. The second kappa shape index (κ2) is 6.41. The second-order valence-corrected chi connectivity index (χ2v) is 6.77. The van der Waals surface area contributed by atoms with Crippen molar-refractivity contribution in [1.82, 2.24) is 15.0 Å². The van der Waals surface area contributed by atoms with Crippen LogP contribution in [0.2, 0.25) is 0 Å². The van der Waals surface area contributed by atoms with Gasteiger partial charge in [0, 0.05) is 23.6 Å². The summed E-state index contributed by atoms with van der Waals surface area (Å²) in [7, 11) is 0. The van der Waals surface area contributed by atoms with Gasteiger partial charge in [-0.2, -0.15) is 0 Å². The van der Waals surface area contributed by atoms with Gasteiger partial charge < -0.3 is 5.32 Å². The molecule has 0 aliphatic carbocycles. The van der Waals surface area contributed by atoms with Crippen molar-refractivity contribution >= 4 is 33.1 Å². The maximum Gasteiger partial charge on any atom is 0.258 e. The van der Waals surface area contributed by atoms with Crippen LogP contribution in [0.15, 0.2) is 60.9 Å². The van der Waals surface area contributed by atoms with Crippen LogP contribution >= 0.6 is 11.3 Å². The largest absolute Gasteiger partial charge is 0.322 e. The number of carbonyl (C=O) groups excluding carboxylic acids is 1. The van der Waals surface area contributed by atoms with Crippen molar-refractivity contribution in [2.75, 3.05) is 5.32 Å². The zero-order valence-corrected chi connectivity index (χ0v) is 14.2. The molecule has 25 heavy (non-hydrogen) atoms. The highest BCUT2D eigenvalue weighted by Crippen LogP contribution is 2.24. The number of carbonyl (C=O) groups is 1. The molecule has 6 heteroatoms. The molecule has 0 radical (unpaired) electrons. The first-order chi connectivity index (χ1) is 12.2. The maximum absolute atomic E-state index is 12.4. The summed E-state index contributed by atoms with van der Waals surface area (Å²) in [5, 5.41) is 3.87. The zero-order valence-electron chi connectivity index (χ0n) is 13.4. The van der Waals surface area contributed by atoms with Crippen LogP contribution in [0.5, 0.6) is 0 Å². The van der Waals surface area contributed by atoms with Gasteiger partial charge in [0.1, 0.15) is 0 Å². The number of aromatic nitrogens is 3. The average Bonchev–Trinajstić information content (AvgIpc) is 3.02. The summed E-state index contributed by atoms with van der Waals surface area (Å²) in [6.07, 6.45) is 3.08. The molecule has 0 atom stereocenters. The molecule has 0 saturated carbocycles. The minimum atomic E-state index is -0.245. The summed E-state index contributed by atoms with van der Waals surface area (Å²) in [5.74, 6) is 0.349. The molecule has 0 spiro atoms. The van der Waals surface area contributed by atoms with Crippen LogP contribution in [0, 0.1) is 6.92 Å². The fraction of sp³-hybridized carbons (Fsp3) is 0.0526. The maximum atomic E-state index is 12.4. The van der Waals surface area contributed by atoms with Crippen molar-refractivity contribution in [1.29, 1.82) is 0 Å². The molecule has 4 aromatic rings. The Morgan fingerprint density at radius 3 is 2.56 bits per heavy atom. The number of anilines is 1. The number of nitrogens with one attached hydrogen (secondary N) is 1. The first-order valence-electron chi connectivity index (χ1n) is 7.75. The van der Waals surface area contributed by atoms with E-state index in [4.69, 9.17) is 0 Å². The van der Waals surface area contributed by atoms with Crippen LogP contribution in [0.25, 0.3) is 21.6 Å². The summed E-state index contributed by atoms with van der Waals surface area (Å²) in [5.41, 5.74) is 2.92. The first-order valence-corrected chi connectivity index (χ1v) is 8.57. The van der Waals surface area contributed by atoms with Gasteiger partial charge in [0.2, 0.25) is 0 Å². The van der Waals surface area contributed by atoms with E-state index in [-0.39, 0.29) is 5.91 Å². The van der Waals surface area contributed by atoms with Crippen LogP contribution in [0.3, 0.4) is 0 Å². The number of amides is 1. The lowest BCUT2D eigenvalue weighted by Gasteiger charge is -2.05. The molecular weight excluding hydrogens is 332 g/mol. The number of hydrogen-bond acceptors (Lipinski definition) is 5.